The van der Waals surface area contributed by atoms with E-state index in [0.29, 0.717) is 13.0 Å². The van der Waals surface area contributed by atoms with Crippen LogP contribution >= 0.6 is 0 Å². The van der Waals surface area contributed by atoms with Crippen LogP contribution in [0.4, 0.5) is 0 Å². The van der Waals surface area contributed by atoms with Crippen molar-refractivity contribution < 1.29 is 9.90 Å². The van der Waals surface area contributed by atoms with Crippen LogP contribution in [0.3, 0.4) is 0 Å². The lowest BCUT2D eigenvalue weighted by molar-refractivity contribution is -0.147. The van der Waals surface area contributed by atoms with Gasteiger partial charge >= 0.3 is 5.97 Å². The molecule has 134 valence electrons. The van der Waals surface area contributed by atoms with E-state index in [1.165, 1.54) is 5.56 Å². The highest BCUT2D eigenvalue weighted by Gasteiger charge is 2.40. The first-order valence-corrected chi connectivity index (χ1v) is 8.79. The summed E-state index contributed by atoms with van der Waals surface area (Å²) in [5, 5.41) is 14.3. The van der Waals surface area contributed by atoms with Crippen molar-refractivity contribution in [2.45, 2.75) is 46.1 Å². The third kappa shape index (κ3) is 3.61. The van der Waals surface area contributed by atoms with Crippen molar-refractivity contribution in [3.63, 3.8) is 0 Å². The molecular weight excluding hydrogens is 314 g/mol. The van der Waals surface area contributed by atoms with E-state index in [1.54, 1.807) is 0 Å². The van der Waals surface area contributed by atoms with Crippen molar-refractivity contribution in [2.75, 3.05) is 13.1 Å². The topological polar surface area (TPSA) is 58.4 Å². The predicted molar refractivity (Wildman–Crippen MR) is 97.9 cm³/mol. The third-order valence-corrected chi connectivity index (χ3v) is 4.98. The van der Waals surface area contributed by atoms with Crippen molar-refractivity contribution in [1.29, 1.82) is 0 Å². The number of carboxylic acid groups (broad SMARTS) is 1. The molecule has 1 unspecified atom stereocenters. The first-order chi connectivity index (χ1) is 11.7. The van der Waals surface area contributed by atoms with Crippen LogP contribution in [-0.4, -0.2) is 38.8 Å². The highest BCUT2D eigenvalue weighted by atomic mass is 16.4. The van der Waals surface area contributed by atoms with E-state index < -0.39 is 11.4 Å². The van der Waals surface area contributed by atoms with Gasteiger partial charge in [0.05, 0.1) is 16.8 Å². The molecule has 0 aliphatic carbocycles. The van der Waals surface area contributed by atoms with E-state index in [-0.39, 0.29) is 5.41 Å². The van der Waals surface area contributed by atoms with Crippen LogP contribution in [0, 0.1) is 5.41 Å². The quantitative estimate of drug-likeness (QED) is 0.925. The lowest BCUT2D eigenvalue weighted by atomic mass is 9.89. The first-order valence-electron chi connectivity index (χ1n) is 8.79. The zero-order chi connectivity index (χ0) is 18.2. The van der Waals surface area contributed by atoms with Gasteiger partial charge in [-0.15, -0.1) is 0 Å². The van der Waals surface area contributed by atoms with Crippen molar-refractivity contribution in [1.82, 2.24) is 14.7 Å². The molecule has 1 aromatic carbocycles. The number of carboxylic acids is 1. The Morgan fingerprint density at radius 1 is 1.28 bits per heavy atom. The largest absolute Gasteiger partial charge is 0.481 e. The number of hydrogen-bond donors (Lipinski definition) is 1. The molecule has 1 aliphatic rings. The number of para-hydroxylation sites is 1. The average Bonchev–Trinajstić information content (AvgIpc) is 3.13. The number of benzene rings is 1. The third-order valence-electron chi connectivity index (χ3n) is 4.98. The number of nitrogens with zero attached hydrogens (tertiary/aromatic N) is 3. The van der Waals surface area contributed by atoms with Gasteiger partial charge in [-0.1, -0.05) is 39.0 Å². The maximum atomic E-state index is 11.5. The van der Waals surface area contributed by atoms with Gasteiger partial charge in [0.2, 0.25) is 0 Å². The smallest absolute Gasteiger partial charge is 0.310 e. The van der Waals surface area contributed by atoms with Gasteiger partial charge in [-0.2, -0.15) is 5.10 Å². The van der Waals surface area contributed by atoms with E-state index in [2.05, 4.69) is 31.9 Å². The molecule has 1 N–H and O–H groups in total. The molecule has 0 radical (unpaired) electrons. The Labute approximate surface area is 149 Å². The minimum Gasteiger partial charge on any atom is -0.481 e. The van der Waals surface area contributed by atoms with Crippen LogP contribution in [0.2, 0.25) is 0 Å². The Morgan fingerprint density at radius 2 is 1.96 bits per heavy atom. The monoisotopic (exact) mass is 341 g/mol. The summed E-state index contributed by atoms with van der Waals surface area (Å²) < 4.78 is 1.93. The Bertz CT molecular complexity index is 761. The van der Waals surface area contributed by atoms with Crippen molar-refractivity contribution in [2.24, 2.45) is 5.41 Å². The molecule has 0 amide bonds. The summed E-state index contributed by atoms with van der Waals surface area (Å²) in [6, 6.07) is 10.1. The van der Waals surface area contributed by atoms with Crippen molar-refractivity contribution >= 4 is 5.97 Å². The fourth-order valence-corrected chi connectivity index (χ4v) is 3.48. The number of hydrogen-bond acceptors (Lipinski definition) is 3. The number of rotatable bonds is 4. The minimum atomic E-state index is -0.703. The van der Waals surface area contributed by atoms with Crippen molar-refractivity contribution in [3.8, 4) is 5.69 Å². The number of aromatic nitrogens is 2. The maximum Gasteiger partial charge on any atom is 0.310 e. The summed E-state index contributed by atoms with van der Waals surface area (Å²) in [5.74, 6) is -0.703. The molecule has 1 aliphatic heterocycles. The zero-order valence-electron chi connectivity index (χ0n) is 15.5. The molecule has 5 nitrogen and oxygen atoms in total. The van der Waals surface area contributed by atoms with E-state index >= 15 is 0 Å². The molecule has 5 heteroatoms. The van der Waals surface area contributed by atoms with E-state index in [9.17, 15) is 9.90 Å². The van der Waals surface area contributed by atoms with Gasteiger partial charge in [0.15, 0.2) is 0 Å². The molecule has 1 fully saturated rings. The van der Waals surface area contributed by atoms with Gasteiger partial charge in [-0.3, -0.25) is 9.69 Å². The highest BCUT2D eigenvalue weighted by molar-refractivity contribution is 5.74. The van der Waals surface area contributed by atoms with Gasteiger partial charge in [0.25, 0.3) is 0 Å². The maximum absolute atomic E-state index is 11.5. The number of carbonyl (C=O) groups is 1. The fourth-order valence-electron chi connectivity index (χ4n) is 3.48. The summed E-state index contributed by atoms with van der Waals surface area (Å²) in [6.45, 7) is 10.5. The van der Waals surface area contributed by atoms with Crippen molar-refractivity contribution in [3.05, 3.63) is 47.8 Å². The molecule has 2 aromatic rings. The van der Waals surface area contributed by atoms with E-state index in [0.717, 1.165) is 24.5 Å². The Kier molecular flexibility index (Phi) is 4.45. The average molecular weight is 341 g/mol. The predicted octanol–water partition coefficient (Wildman–Crippen LogP) is 3.47. The lowest BCUT2D eigenvalue weighted by Crippen LogP contribution is -2.31. The fraction of sp³-hybridized carbons (Fsp3) is 0.500. The van der Waals surface area contributed by atoms with Gasteiger partial charge in [-0.05, 0) is 32.0 Å². The van der Waals surface area contributed by atoms with Gasteiger partial charge in [0.1, 0.15) is 0 Å². The Hall–Kier alpha value is -2.14. The molecule has 1 saturated heterocycles. The van der Waals surface area contributed by atoms with E-state index in [1.807, 2.05) is 41.9 Å². The SMILES string of the molecule is CC1(C(=O)O)CCN(Cc2cn(-c3ccccc3)nc2C(C)(C)C)C1. The summed E-state index contributed by atoms with van der Waals surface area (Å²) in [7, 11) is 0. The normalized spacial score (nSPS) is 21.6. The van der Waals surface area contributed by atoms with Crippen LogP contribution in [-0.2, 0) is 16.8 Å². The minimum absolute atomic E-state index is 0.0643. The Morgan fingerprint density at radius 3 is 2.52 bits per heavy atom. The van der Waals surface area contributed by atoms with Crippen LogP contribution in [0.25, 0.3) is 5.69 Å². The zero-order valence-corrected chi connectivity index (χ0v) is 15.5. The highest BCUT2D eigenvalue weighted by Crippen LogP contribution is 2.33. The summed E-state index contributed by atoms with van der Waals surface area (Å²) in [6.07, 6.45) is 2.78. The number of likely N-dealkylation sites (tertiary alicyclic amines) is 1. The molecule has 2 heterocycles. The second-order valence-electron chi connectivity index (χ2n) is 8.36. The Balaban J connectivity index is 1.88. The second-order valence-corrected chi connectivity index (χ2v) is 8.36. The lowest BCUT2D eigenvalue weighted by Gasteiger charge is -2.22. The van der Waals surface area contributed by atoms with Crippen LogP contribution in [0.15, 0.2) is 36.5 Å². The van der Waals surface area contributed by atoms with E-state index in [4.69, 9.17) is 5.10 Å². The summed E-state index contributed by atoms with van der Waals surface area (Å²) in [5.41, 5.74) is 2.57. The van der Waals surface area contributed by atoms with Crippen LogP contribution in [0.1, 0.15) is 45.4 Å². The van der Waals surface area contributed by atoms with Gasteiger partial charge < -0.3 is 5.11 Å². The molecular formula is C20H27N3O2. The first kappa shape index (κ1) is 17.7. The molecule has 3 rings (SSSR count). The molecule has 1 atom stereocenters. The van der Waals surface area contributed by atoms with Crippen LogP contribution < -0.4 is 0 Å². The molecule has 25 heavy (non-hydrogen) atoms. The van der Waals surface area contributed by atoms with Gasteiger partial charge in [0, 0.05) is 30.3 Å². The molecule has 0 bridgehead atoms. The second kappa shape index (κ2) is 6.30. The molecule has 0 saturated carbocycles. The standard InChI is InChI=1S/C20H27N3O2/c1-19(2,3)17-15(12-22-11-10-20(4,14-22)18(24)25)13-23(21-17)16-8-6-5-7-9-16/h5-9,13H,10-12,14H2,1-4H3,(H,24,25). The van der Waals surface area contributed by atoms with Crippen LogP contribution in [0.5, 0.6) is 0 Å². The molecule has 0 spiro atoms. The summed E-state index contributed by atoms with van der Waals surface area (Å²) in [4.78, 5) is 13.7. The summed E-state index contributed by atoms with van der Waals surface area (Å²) >= 11 is 0. The number of aliphatic carboxylic acids is 1. The van der Waals surface area contributed by atoms with Gasteiger partial charge in [-0.25, -0.2) is 4.68 Å². The molecule has 1 aromatic heterocycles.